The number of ether oxygens (including phenoxy) is 1. The maximum absolute atomic E-state index is 11.5. The van der Waals surface area contributed by atoms with Crippen LogP contribution in [0.15, 0.2) is 0 Å². The van der Waals surface area contributed by atoms with Gasteiger partial charge in [0.2, 0.25) is 0 Å². The van der Waals surface area contributed by atoms with Gasteiger partial charge in [-0.05, 0) is 65.5 Å². The van der Waals surface area contributed by atoms with Crippen molar-refractivity contribution in [3.63, 3.8) is 0 Å². The average Bonchev–Trinajstić information content (AvgIpc) is 2.38. The van der Waals surface area contributed by atoms with Gasteiger partial charge in [-0.1, -0.05) is 0 Å². The van der Waals surface area contributed by atoms with Gasteiger partial charge in [-0.3, -0.25) is 10.1 Å². The van der Waals surface area contributed by atoms with Crippen LogP contribution >= 0.6 is 0 Å². The first-order valence-electron chi connectivity index (χ1n) is 8.10. The predicted octanol–water partition coefficient (Wildman–Crippen LogP) is 1.97. The van der Waals surface area contributed by atoms with Crippen molar-refractivity contribution in [1.29, 1.82) is 0 Å². The lowest BCUT2D eigenvalue weighted by Gasteiger charge is -2.34. The van der Waals surface area contributed by atoms with E-state index in [1.54, 1.807) is 14.0 Å². The summed E-state index contributed by atoms with van der Waals surface area (Å²) in [6.45, 7) is 9.78. The van der Waals surface area contributed by atoms with Crippen molar-refractivity contribution in [3.8, 4) is 0 Å². The quantitative estimate of drug-likeness (QED) is 0.681. The number of aliphatic carboxylic acids is 1. The van der Waals surface area contributed by atoms with Gasteiger partial charge < -0.3 is 14.7 Å². The first-order chi connectivity index (χ1) is 9.87. The van der Waals surface area contributed by atoms with E-state index in [1.165, 1.54) is 12.8 Å². The smallest absolute Gasteiger partial charge is 0.323 e. The minimum absolute atomic E-state index is 0.173. The zero-order chi connectivity index (χ0) is 15.9. The number of methoxy groups -OCH3 is 1. The van der Waals surface area contributed by atoms with E-state index in [4.69, 9.17) is 4.74 Å². The molecular weight excluding hydrogens is 268 g/mol. The Kier molecular flexibility index (Phi) is 7.63. The lowest BCUT2D eigenvalue weighted by atomic mass is 9.94. The molecule has 1 heterocycles. The highest BCUT2D eigenvalue weighted by atomic mass is 16.5. The molecule has 124 valence electrons. The summed E-state index contributed by atoms with van der Waals surface area (Å²) < 4.78 is 5.25. The average molecular weight is 300 g/mol. The molecule has 0 aromatic heterocycles. The van der Waals surface area contributed by atoms with Crippen LogP contribution in [0.4, 0.5) is 0 Å². The van der Waals surface area contributed by atoms with Crippen LogP contribution in [0.25, 0.3) is 0 Å². The van der Waals surface area contributed by atoms with Crippen molar-refractivity contribution in [2.45, 2.75) is 58.0 Å². The van der Waals surface area contributed by atoms with E-state index in [-0.39, 0.29) is 6.04 Å². The molecule has 0 radical (unpaired) electrons. The van der Waals surface area contributed by atoms with Gasteiger partial charge in [-0.15, -0.1) is 0 Å². The largest absolute Gasteiger partial charge is 0.480 e. The molecule has 21 heavy (non-hydrogen) atoms. The molecule has 0 aromatic carbocycles. The monoisotopic (exact) mass is 300 g/mol. The van der Waals surface area contributed by atoms with Crippen molar-refractivity contribution in [2.75, 3.05) is 33.4 Å². The normalized spacial score (nSPS) is 23.2. The molecule has 1 aliphatic rings. The molecule has 0 bridgehead atoms. The summed E-state index contributed by atoms with van der Waals surface area (Å²) in [7, 11) is 1.76. The molecule has 0 amide bonds. The second-order valence-corrected chi connectivity index (χ2v) is 6.80. The van der Waals surface area contributed by atoms with Crippen molar-refractivity contribution in [1.82, 2.24) is 10.2 Å². The molecular formula is C16H32N2O3. The summed E-state index contributed by atoms with van der Waals surface area (Å²) in [6.07, 6.45) is 4.02. The Hall–Kier alpha value is -0.650. The first-order valence-corrected chi connectivity index (χ1v) is 8.10. The van der Waals surface area contributed by atoms with Crippen LogP contribution in [-0.2, 0) is 9.53 Å². The Morgan fingerprint density at radius 3 is 2.81 bits per heavy atom. The molecule has 2 N–H and O–H groups in total. The fourth-order valence-electron chi connectivity index (χ4n) is 3.26. The molecule has 0 spiro atoms. The summed E-state index contributed by atoms with van der Waals surface area (Å²) in [5, 5.41) is 12.6. The molecule has 2 atom stereocenters. The number of carboxylic acids is 1. The molecule has 0 aliphatic carbocycles. The van der Waals surface area contributed by atoms with E-state index in [1.807, 2.05) is 13.8 Å². The highest BCUT2D eigenvalue weighted by Gasteiger charge is 2.33. The van der Waals surface area contributed by atoms with Gasteiger partial charge in [-0.2, -0.15) is 0 Å². The molecule has 5 nitrogen and oxygen atoms in total. The molecule has 0 saturated carbocycles. The fourth-order valence-corrected chi connectivity index (χ4v) is 3.26. The molecule has 2 unspecified atom stereocenters. The lowest BCUT2D eigenvalue weighted by Crippen LogP contribution is -2.52. The molecule has 1 fully saturated rings. The third kappa shape index (κ3) is 6.32. The van der Waals surface area contributed by atoms with Crippen LogP contribution in [-0.4, -0.2) is 60.9 Å². The van der Waals surface area contributed by atoms with E-state index in [0.717, 1.165) is 32.7 Å². The highest BCUT2D eigenvalue weighted by molar-refractivity contribution is 5.78. The molecule has 1 saturated heterocycles. The fraction of sp³-hybridized carbons (Fsp3) is 0.938. The van der Waals surface area contributed by atoms with Crippen molar-refractivity contribution in [3.05, 3.63) is 0 Å². The Balaban J connectivity index is 2.38. The predicted molar refractivity (Wildman–Crippen MR) is 84.6 cm³/mol. The summed E-state index contributed by atoms with van der Waals surface area (Å²) in [6, 6.07) is 0.173. The van der Waals surface area contributed by atoms with E-state index >= 15 is 0 Å². The maximum Gasteiger partial charge on any atom is 0.323 e. The Morgan fingerprint density at radius 1 is 1.52 bits per heavy atom. The van der Waals surface area contributed by atoms with E-state index in [0.29, 0.717) is 12.3 Å². The number of likely N-dealkylation sites (tertiary alicyclic amines) is 1. The summed E-state index contributed by atoms with van der Waals surface area (Å²) >= 11 is 0. The van der Waals surface area contributed by atoms with Gasteiger partial charge in [0.25, 0.3) is 0 Å². The Bertz CT molecular complexity index is 321. The zero-order valence-corrected chi connectivity index (χ0v) is 14.0. The molecule has 1 rings (SSSR count). The lowest BCUT2D eigenvalue weighted by molar-refractivity contribution is -0.144. The van der Waals surface area contributed by atoms with Crippen LogP contribution in [0.2, 0.25) is 0 Å². The van der Waals surface area contributed by atoms with Crippen LogP contribution in [0.1, 0.15) is 46.5 Å². The van der Waals surface area contributed by atoms with Crippen molar-refractivity contribution >= 4 is 5.97 Å². The van der Waals surface area contributed by atoms with Crippen LogP contribution in [0, 0.1) is 5.92 Å². The van der Waals surface area contributed by atoms with E-state index in [2.05, 4.69) is 10.2 Å². The van der Waals surface area contributed by atoms with Gasteiger partial charge in [-0.25, -0.2) is 0 Å². The molecule has 1 aliphatic heterocycles. The number of nitrogens with one attached hydrogen (secondary N) is 1. The van der Waals surface area contributed by atoms with E-state index < -0.39 is 11.5 Å². The van der Waals surface area contributed by atoms with Gasteiger partial charge in [0.05, 0.1) is 6.61 Å². The van der Waals surface area contributed by atoms with Crippen LogP contribution in [0.3, 0.4) is 0 Å². The highest BCUT2D eigenvalue weighted by Crippen LogP contribution is 2.19. The first kappa shape index (κ1) is 18.4. The van der Waals surface area contributed by atoms with Gasteiger partial charge in [0, 0.05) is 19.7 Å². The summed E-state index contributed by atoms with van der Waals surface area (Å²) in [4.78, 5) is 13.9. The molecule has 0 aromatic rings. The molecule has 5 heteroatoms. The van der Waals surface area contributed by atoms with Crippen LogP contribution in [0.5, 0.6) is 0 Å². The number of hydrogen-bond donors (Lipinski definition) is 2. The number of hydrogen-bond acceptors (Lipinski definition) is 4. The maximum atomic E-state index is 11.5. The van der Waals surface area contributed by atoms with Gasteiger partial charge in [0.15, 0.2) is 0 Å². The number of nitrogens with zero attached hydrogens (tertiary/aromatic N) is 1. The van der Waals surface area contributed by atoms with Gasteiger partial charge >= 0.3 is 5.97 Å². The zero-order valence-electron chi connectivity index (χ0n) is 14.0. The number of carboxylic acid groups (broad SMARTS) is 1. The third-order valence-corrected chi connectivity index (χ3v) is 4.24. The Labute approximate surface area is 129 Å². The van der Waals surface area contributed by atoms with Gasteiger partial charge in [0.1, 0.15) is 5.54 Å². The minimum Gasteiger partial charge on any atom is -0.480 e. The SMILES string of the molecule is COCC1CCCN(CCCC(C)(NC(C)C)C(=O)O)C1. The number of carbonyl (C=O) groups is 1. The Morgan fingerprint density at radius 2 is 2.24 bits per heavy atom. The summed E-state index contributed by atoms with van der Waals surface area (Å²) in [5.74, 6) is -0.129. The standard InChI is InChI=1S/C16H32N2O3/c1-13(2)17-16(3,15(19)20)8-6-10-18-9-5-7-14(11-18)12-21-4/h13-14,17H,5-12H2,1-4H3,(H,19,20). The van der Waals surface area contributed by atoms with Crippen molar-refractivity contribution in [2.24, 2.45) is 5.92 Å². The van der Waals surface area contributed by atoms with Crippen molar-refractivity contribution < 1.29 is 14.6 Å². The van der Waals surface area contributed by atoms with Crippen LogP contribution < -0.4 is 5.32 Å². The second-order valence-electron chi connectivity index (χ2n) is 6.80. The summed E-state index contributed by atoms with van der Waals surface area (Å²) in [5.41, 5.74) is -0.824. The number of rotatable bonds is 9. The topological polar surface area (TPSA) is 61.8 Å². The third-order valence-electron chi connectivity index (χ3n) is 4.24. The van der Waals surface area contributed by atoms with E-state index in [9.17, 15) is 9.90 Å². The second kappa shape index (κ2) is 8.71. The minimum atomic E-state index is -0.824. The number of piperidine rings is 1.